The Morgan fingerprint density at radius 3 is 2.53 bits per heavy atom. The summed E-state index contributed by atoms with van der Waals surface area (Å²) in [6, 6.07) is 17.1. The summed E-state index contributed by atoms with van der Waals surface area (Å²) < 4.78 is 5.76. The van der Waals surface area contributed by atoms with Gasteiger partial charge in [-0.05, 0) is 30.5 Å². The second-order valence-corrected chi connectivity index (χ2v) is 7.98. The molecule has 1 unspecified atom stereocenters. The largest absolute Gasteiger partial charge is 0.377 e. The molecule has 1 N–H and O–H groups in total. The number of carbonyl (C=O) groups excluding carboxylic acids is 2. The first-order chi connectivity index (χ1) is 14.5. The van der Waals surface area contributed by atoms with Crippen molar-refractivity contribution in [1.29, 1.82) is 0 Å². The number of anilines is 1. The summed E-state index contributed by atoms with van der Waals surface area (Å²) in [6.45, 7) is 2.32. The van der Waals surface area contributed by atoms with Crippen molar-refractivity contribution in [2.75, 3.05) is 38.6 Å². The first-order valence-corrected chi connectivity index (χ1v) is 10.6. The third-order valence-corrected chi connectivity index (χ3v) is 5.38. The zero-order valence-corrected chi connectivity index (χ0v) is 18.0. The second-order valence-electron chi connectivity index (χ2n) is 7.57. The van der Waals surface area contributed by atoms with Crippen molar-refractivity contribution in [3.05, 3.63) is 65.2 Å². The summed E-state index contributed by atoms with van der Waals surface area (Å²) in [5.74, 6) is -0.397. The number of benzene rings is 2. The van der Waals surface area contributed by atoms with Gasteiger partial charge < -0.3 is 15.0 Å². The normalized spacial score (nSPS) is 15.9. The van der Waals surface area contributed by atoms with Crippen LogP contribution in [-0.4, -0.2) is 61.0 Å². The molecule has 0 saturated carbocycles. The molecule has 0 spiro atoms. The average Bonchev–Trinajstić information content (AvgIpc) is 3.23. The molecule has 1 heterocycles. The Bertz CT molecular complexity index is 841. The van der Waals surface area contributed by atoms with Crippen LogP contribution in [0.2, 0.25) is 5.02 Å². The molecule has 0 radical (unpaired) electrons. The van der Waals surface area contributed by atoms with E-state index in [1.165, 1.54) is 4.90 Å². The number of likely N-dealkylation sites (N-methyl/N-ethyl adjacent to an activating group) is 1. The first-order valence-electron chi connectivity index (χ1n) is 10.2. The van der Waals surface area contributed by atoms with E-state index in [2.05, 4.69) is 10.2 Å². The smallest absolute Gasteiger partial charge is 0.244 e. The molecular weight excluding hydrogens is 402 g/mol. The maximum absolute atomic E-state index is 12.8. The maximum atomic E-state index is 12.8. The molecule has 1 aliphatic heterocycles. The summed E-state index contributed by atoms with van der Waals surface area (Å²) in [7, 11) is 1.64. The zero-order valence-electron chi connectivity index (χ0n) is 17.2. The Morgan fingerprint density at radius 1 is 1.10 bits per heavy atom. The molecule has 2 aromatic carbocycles. The number of ether oxygens (including phenoxy) is 1. The SMILES string of the molecule is CN(CC(=O)Nc1ccccc1Cl)C(=O)CN(Cc1ccccc1)CC1CCCO1. The van der Waals surface area contributed by atoms with Crippen molar-refractivity contribution in [2.24, 2.45) is 0 Å². The van der Waals surface area contributed by atoms with Crippen LogP contribution in [0, 0.1) is 0 Å². The van der Waals surface area contributed by atoms with Crippen LogP contribution in [0.3, 0.4) is 0 Å². The Labute approximate surface area is 182 Å². The average molecular weight is 430 g/mol. The van der Waals surface area contributed by atoms with Crippen LogP contribution in [-0.2, 0) is 20.9 Å². The van der Waals surface area contributed by atoms with E-state index >= 15 is 0 Å². The van der Waals surface area contributed by atoms with E-state index < -0.39 is 0 Å². The van der Waals surface area contributed by atoms with Gasteiger partial charge in [0, 0.05) is 26.7 Å². The van der Waals surface area contributed by atoms with Gasteiger partial charge in [0.05, 0.1) is 29.9 Å². The van der Waals surface area contributed by atoms with Gasteiger partial charge in [-0.15, -0.1) is 0 Å². The van der Waals surface area contributed by atoms with Crippen molar-refractivity contribution >= 4 is 29.1 Å². The highest BCUT2D eigenvalue weighted by Gasteiger charge is 2.23. The Balaban J connectivity index is 1.56. The maximum Gasteiger partial charge on any atom is 0.244 e. The van der Waals surface area contributed by atoms with Crippen molar-refractivity contribution < 1.29 is 14.3 Å². The fraction of sp³-hybridized carbons (Fsp3) is 0.391. The zero-order chi connectivity index (χ0) is 21.3. The van der Waals surface area contributed by atoms with Gasteiger partial charge >= 0.3 is 0 Å². The predicted octanol–water partition coefficient (Wildman–Crippen LogP) is 3.42. The third kappa shape index (κ3) is 6.83. The standard InChI is InChI=1S/C23H28ClN3O3/c1-26(16-22(28)25-21-12-6-5-11-20(21)24)23(29)17-27(15-19-10-7-13-30-19)14-18-8-3-2-4-9-18/h2-6,8-9,11-12,19H,7,10,13-17H2,1H3,(H,25,28). The molecule has 0 bridgehead atoms. The molecule has 1 fully saturated rings. The lowest BCUT2D eigenvalue weighted by Gasteiger charge is -2.27. The molecule has 3 rings (SSSR count). The van der Waals surface area contributed by atoms with E-state index in [4.69, 9.17) is 16.3 Å². The molecule has 1 aliphatic rings. The Kier molecular flexibility index (Phi) is 8.25. The quantitative estimate of drug-likeness (QED) is 0.663. The minimum atomic E-state index is -0.285. The van der Waals surface area contributed by atoms with Crippen LogP contribution < -0.4 is 5.32 Å². The molecular formula is C23H28ClN3O3. The number of para-hydroxylation sites is 1. The first kappa shape index (κ1) is 22.3. The fourth-order valence-corrected chi connectivity index (χ4v) is 3.65. The molecule has 2 amide bonds. The van der Waals surface area contributed by atoms with Gasteiger partial charge in [0.25, 0.3) is 0 Å². The number of halogens is 1. The van der Waals surface area contributed by atoms with Crippen LogP contribution in [0.25, 0.3) is 0 Å². The fourth-order valence-electron chi connectivity index (χ4n) is 3.47. The second kappa shape index (κ2) is 11.1. The Morgan fingerprint density at radius 2 is 1.83 bits per heavy atom. The van der Waals surface area contributed by atoms with Gasteiger partial charge in [0.15, 0.2) is 0 Å². The van der Waals surface area contributed by atoms with Gasteiger partial charge in [0.1, 0.15) is 0 Å². The van der Waals surface area contributed by atoms with Crippen molar-refractivity contribution in [3.63, 3.8) is 0 Å². The summed E-state index contributed by atoms with van der Waals surface area (Å²) in [4.78, 5) is 28.7. The number of hydrogen-bond acceptors (Lipinski definition) is 4. The highest BCUT2D eigenvalue weighted by Crippen LogP contribution is 2.20. The van der Waals surface area contributed by atoms with Crippen molar-refractivity contribution in [3.8, 4) is 0 Å². The third-order valence-electron chi connectivity index (χ3n) is 5.05. The van der Waals surface area contributed by atoms with Crippen molar-refractivity contribution in [2.45, 2.75) is 25.5 Å². The highest BCUT2D eigenvalue weighted by molar-refractivity contribution is 6.33. The lowest BCUT2D eigenvalue weighted by molar-refractivity contribution is -0.134. The molecule has 1 atom stereocenters. The summed E-state index contributed by atoms with van der Waals surface area (Å²) in [5.41, 5.74) is 1.68. The summed E-state index contributed by atoms with van der Waals surface area (Å²) in [6.07, 6.45) is 2.21. The van der Waals surface area contributed by atoms with E-state index in [1.807, 2.05) is 30.3 Å². The van der Waals surface area contributed by atoms with Gasteiger partial charge in [-0.3, -0.25) is 14.5 Å². The van der Waals surface area contributed by atoms with Crippen LogP contribution in [0.15, 0.2) is 54.6 Å². The van der Waals surface area contributed by atoms with E-state index in [0.717, 1.165) is 25.0 Å². The lowest BCUT2D eigenvalue weighted by atomic mass is 10.2. The number of hydrogen-bond donors (Lipinski definition) is 1. The molecule has 6 nitrogen and oxygen atoms in total. The highest BCUT2D eigenvalue weighted by atomic mass is 35.5. The van der Waals surface area contributed by atoms with E-state index in [-0.39, 0.29) is 31.0 Å². The number of carbonyl (C=O) groups is 2. The van der Waals surface area contributed by atoms with Gasteiger partial charge in [-0.25, -0.2) is 0 Å². The van der Waals surface area contributed by atoms with Gasteiger partial charge in [-0.2, -0.15) is 0 Å². The van der Waals surface area contributed by atoms with Gasteiger partial charge in [0.2, 0.25) is 11.8 Å². The molecule has 1 saturated heterocycles. The molecule has 30 heavy (non-hydrogen) atoms. The number of amides is 2. The van der Waals surface area contributed by atoms with Crippen LogP contribution in [0.1, 0.15) is 18.4 Å². The molecule has 0 aliphatic carbocycles. The minimum absolute atomic E-state index is 0.0385. The number of rotatable bonds is 9. The molecule has 2 aromatic rings. The minimum Gasteiger partial charge on any atom is -0.377 e. The van der Waals surface area contributed by atoms with E-state index in [1.54, 1.807) is 31.3 Å². The number of nitrogens with one attached hydrogen (secondary N) is 1. The topological polar surface area (TPSA) is 61.9 Å². The van der Waals surface area contributed by atoms with Crippen LogP contribution >= 0.6 is 11.6 Å². The Hall–Kier alpha value is -2.41. The monoisotopic (exact) mass is 429 g/mol. The molecule has 160 valence electrons. The lowest BCUT2D eigenvalue weighted by Crippen LogP contribution is -2.43. The molecule has 7 heteroatoms. The summed E-state index contributed by atoms with van der Waals surface area (Å²) >= 11 is 6.08. The number of nitrogens with zero attached hydrogens (tertiary/aromatic N) is 2. The van der Waals surface area contributed by atoms with Gasteiger partial charge in [-0.1, -0.05) is 54.1 Å². The van der Waals surface area contributed by atoms with Crippen LogP contribution in [0.5, 0.6) is 0 Å². The van der Waals surface area contributed by atoms with Crippen LogP contribution in [0.4, 0.5) is 5.69 Å². The predicted molar refractivity (Wildman–Crippen MR) is 118 cm³/mol. The van der Waals surface area contributed by atoms with E-state index in [9.17, 15) is 9.59 Å². The molecule has 0 aromatic heterocycles. The summed E-state index contributed by atoms with van der Waals surface area (Å²) in [5, 5.41) is 3.21. The van der Waals surface area contributed by atoms with E-state index in [0.29, 0.717) is 23.8 Å². The van der Waals surface area contributed by atoms with Crippen molar-refractivity contribution in [1.82, 2.24) is 9.80 Å².